The molecule has 1 aliphatic rings. The number of carbonyl (C=O) groups excluding carboxylic acids is 1. The minimum Gasteiger partial charge on any atom is -0.350 e. The summed E-state index contributed by atoms with van der Waals surface area (Å²) in [6.45, 7) is 8.10. The van der Waals surface area contributed by atoms with Gasteiger partial charge in [0.25, 0.3) is 5.91 Å². The highest BCUT2D eigenvalue weighted by Crippen LogP contribution is 2.41. The number of nitrogens with two attached hydrogens (primary N) is 1. The van der Waals surface area contributed by atoms with Crippen molar-refractivity contribution in [3.8, 4) is 0 Å². The van der Waals surface area contributed by atoms with Gasteiger partial charge in [0.05, 0.1) is 5.54 Å². The van der Waals surface area contributed by atoms with Crippen molar-refractivity contribution in [1.82, 2.24) is 5.43 Å². The molecule has 3 N–H and O–H groups in total. The van der Waals surface area contributed by atoms with Crippen LogP contribution in [0.3, 0.4) is 0 Å². The van der Waals surface area contributed by atoms with Gasteiger partial charge in [-0.05, 0) is 51.0 Å². The van der Waals surface area contributed by atoms with Crippen molar-refractivity contribution in [3.63, 3.8) is 0 Å². The van der Waals surface area contributed by atoms with Crippen molar-refractivity contribution in [2.45, 2.75) is 52.1 Å². The van der Waals surface area contributed by atoms with E-state index in [9.17, 15) is 9.18 Å². The third-order valence-electron chi connectivity index (χ3n) is 4.15. The molecule has 120 valence electrons. The van der Waals surface area contributed by atoms with E-state index in [1.165, 1.54) is 12.1 Å². The molecule has 1 atom stereocenters. The van der Waals surface area contributed by atoms with Gasteiger partial charge in [-0.3, -0.25) is 10.2 Å². The van der Waals surface area contributed by atoms with Crippen molar-refractivity contribution in [3.05, 3.63) is 35.7 Å². The summed E-state index contributed by atoms with van der Waals surface area (Å²) < 4.78 is 13.6. The van der Waals surface area contributed by atoms with Gasteiger partial charge in [0.1, 0.15) is 11.9 Å². The summed E-state index contributed by atoms with van der Waals surface area (Å²) in [5, 5.41) is 0. The summed E-state index contributed by atoms with van der Waals surface area (Å²) in [4.78, 5) is 14.3. The minimum atomic E-state index is -0.390. The Balaban J connectivity index is 2.60. The molecular weight excluding hydrogens is 281 g/mol. The van der Waals surface area contributed by atoms with Gasteiger partial charge in [-0.2, -0.15) is 0 Å². The lowest BCUT2D eigenvalue weighted by Crippen LogP contribution is -2.57. The van der Waals surface area contributed by atoms with Gasteiger partial charge in [-0.25, -0.2) is 10.2 Å². The first-order chi connectivity index (χ1) is 10.3. The van der Waals surface area contributed by atoms with E-state index in [1.807, 2.05) is 18.7 Å². The maximum absolute atomic E-state index is 13.6. The van der Waals surface area contributed by atoms with E-state index in [4.69, 9.17) is 5.84 Å². The van der Waals surface area contributed by atoms with Crippen molar-refractivity contribution in [2.75, 3.05) is 4.90 Å². The van der Waals surface area contributed by atoms with Crippen LogP contribution >= 0.6 is 0 Å². The summed E-state index contributed by atoms with van der Waals surface area (Å²) in [7, 11) is 0. The average molecular weight is 305 g/mol. The van der Waals surface area contributed by atoms with Crippen LogP contribution in [-0.4, -0.2) is 17.5 Å². The predicted octanol–water partition coefficient (Wildman–Crippen LogP) is 2.99. The van der Waals surface area contributed by atoms with E-state index in [2.05, 4.69) is 25.3 Å². The van der Waals surface area contributed by atoms with Crippen molar-refractivity contribution < 1.29 is 9.18 Å². The minimum absolute atomic E-state index is 0.224. The Bertz CT molecular complexity index is 610. The smallest absolute Gasteiger partial charge is 0.256 e. The van der Waals surface area contributed by atoms with Crippen LogP contribution in [0.15, 0.2) is 24.3 Å². The second-order valence-corrected chi connectivity index (χ2v) is 6.33. The Morgan fingerprint density at radius 1 is 1.45 bits per heavy atom. The second kappa shape index (κ2) is 6.08. The highest BCUT2D eigenvalue weighted by atomic mass is 19.1. The summed E-state index contributed by atoms with van der Waals surface area (Å²) in [5.41, 5.74) is 4.61. The standard InChI is InChI=1S/C17H24FN3O/c1-5-6-15(16(22)20-19)21-14-8-7-12(18)9-13(14)11(2)10-17(21,3)4/h7-10,15H,5-6,19H2,1-4H3,(H,20,22)/t15-/m1/s1. The molecule has 1 aromatic rings. The van der Waals surface area contributed by atoms with Crippen molar-refractivity contribution in [1.29, 1.82) is 0 Å². The lowest BCUT2D eigenvalue weighted by Gasteiger charge is -2.47. The number of nitrogens with zero attached hydrogens (tertiary/aromatic N) is 1. The van der Waals surface area contributed by atoms with Crippen LogP contribution in [0.4, 0.5) is 10.1 Å². The first kappa shape index (κ1) is 16.5. The lowest BCUT2D eigenvalue weighted by molar-refractivity contribution is -0.122. The molecule has 0 saturated carbocycles. The number of amides is 1. The molecule has 0 unspecified atom stereocenters. The number of hydrogen-bond acceptors (Lipinski definition) is 3. The van der Waals surface area contributed by atoms with E-state index >= 15 is 0 Å². The highest BCUT2D eigenvalue weighted by molar-refractivity contribution is 5.89. The van der Waals surface area contributed by atoms with Gasteiger partial charge in [0, 0.05) is 11.3 Å². The molecule has 1 heterocycles. The van der Waals surface area contributed by atoms with Crippen LogP contribution in [0.25, 0.3) is 5.57 Å². The van der Waals surface area contributed by atoms with Crippen LogP contribution in [0.5, 0.6) is 0 Å². The maximum Gasteiger partial charge on any atom is 0.256 e. The fourth-order valence-electron chi connectivity index (χ4n) is 3.34. The van der Waals surface area contributed by atoms with Gasteiger partial charge in [-0.1, -0.05) is 19.4 Å². The van der Waals surface area contributed by atoms with Crippen LogP contribution in [0, 0.1) is 5.82 Å². The molecule has 0 aliphatic carbocycles. The van der Waals surface area contributed by atoms with Gasteiger partial charge < -0.3 is 4.90 Å². The maximum atomic E-state index is 13.6. The summed E-state index contributed by atoms with van der Waals surface area (Å²) >= 11 is 0. The number of anilines is 1. The van der Waals surface area contributed by atoms with Crippen LogP contribution in [-0.2, 0) is 4.79 Å². The van der Waals surface area contributed by atoms with E-state index in [1.54, 1.807) is 6.07 Å². The SMILES string of the molecule is CCC[C@H](C(=O)NN)N1c2ccc(F)cc2C(C)=CC1(C)C. The van der Waals surface area contributed by atoms with Crippen LogP contribution in [0.1, 0.15) is 46.1 Å². The number of carbonyl (C=O) groups is 1. The van der Waals surface area contributed by atoms with E-state index in [0.29, 0.717) is 6.42 Å². The molecule has 5 heteroatoms. The number of rotatable bonds is 4. The Morgan fingerprint density at radius 3 is 2.73 bits per heavy atom. The number of fused-ring (bicyclic) bond motifs is 1. The fourth-order valence-corrected chi connectivity index (χ4v) is 3.34. The van der Waals surface area contributed by atoms with Gasteiger partial charge in [-0.15, -0.1) is 0 Å². The monoisotopic (exact) mass is 305 g/mol. The molecule has 0 bridgehead atoms. The summed E-state index contributed by atoms with van der Waals surface area (Å²) in [5.74, 6) is 4.87. The topological polar surface area (TPSA) is 58.4 Å². The van der Waals surface area contributed by atoms with E-state index in [-0.39, 0.29) is 17.3 Å². The molecule has 4 nitrogen and oxygen atoms in total. The normalized spacial score (nSPS) is 17.5. The first-order valence-corrected chi connectivity index (χ1v) is 7.61. The van der Waals surface area contributed by atoms with E-state index in [0.717, 1.165) is 23.2 Å². The van der Waals surface area contributed by atoms with Gasteiger partial charge in [0.2, 0.25) is 0 Å². The molecule has 0 aromatic heterocycles. The van der Waals surface area contributed by atoms with Crippen LogP contribution in [0.2, 0.25) is 0 Å². The highest BCUT2D eigenvalue weighted by Gasteiger charge is 2.38. The number of benzene rings is 1. The first-order valence-electron chi connectivity index (χ1n) is 7.61. The van der Waals surface area contributed by atoms with Gasteiger partial charge >= 0.3 is 0 Å². The summed E-state index contributed by atoms with van der Waals surface area (Å²) in [6, 6.07) is 4.31. The molecule has 1 aromatic carbocycles. The Hall–Kier alpha value is -1.88. The third-order valence-corrected chi connectivity index (χ3v) is 4.15. The number of allylic oxidation sites excluding steroid dienone is 1. The molecule has 1 aliphatic heterocycles. The van der Waals surface area contributed by atoms with Crippen molar-refractivity contribution in [2.24, 2.45) is 5.84 Å². The molecule has 0 fully saturated rings. The Kier molecular flexibility index (Phi) is 4.56. The van der Waals surface area contributed by atoms with E-state index < -0.39 is 6.04 Å². The molecule has 0 spiro atoms. The molecule has 2 rings (SSSR count). The molecule has 22 heavy (non-hydrogen) atoms. The number of halogens is 1. The molecule has 1 amide bonds. The van der Waals surface area contributed by atoms with Crippen LogP contribution < -0.4 is 16.2 Å². The second-order valence-electron chi connectivity index (χ2n) is 6.33. The van der Waals surface area contributed by atoms with Crippen molar-refractivity contribution >= 4 is 17.2 Å². The zero-order valence-corrected chi connectivity index (χ0v) is 13.6. The molecule has 0 radical (unpaired) electrons. The number of hydrogen-bond donors (Lipinski definition) is 2. The average Bonchev–Trinajstić information content (AvgIpc) is 2.45. The zero-order chi connectivity index (χ0) is 16.5. The fraction of sp³-hybridized carbons (Fsp3) is 0.471. The Labute approximate surface area is 131 Å². The lowest BCUT2D eigenvalue weighted by atomic mass is 9.86. The van der Waals surface area contributed by atoms with Gasteiger partial charge in [0.15, 0.2) is 0 Å². The number of nitrogens with one attached hydrogen (secondary N) is 1. The number of hydrazine groups is 1. The molecule has 0 saturated heterocycles. The molecular formula is C17H24FN3O. The zero-order valence-electron chi connectivity index (χ0n) is 13.6. The quantitative estimate of drug-likeness (QED) is 0.511. The summed E-state index contributed by atoms with van der Waals surface area (Å²) in [6.07, 6.45) is 3.60. The Morgan fingerprint density at radius 2 is 2.14 bits per heavy atom. The predicted molar refractivity (Wildman–Crippen MR) is 87.6 cm³/mol. The largest absolute Gasteiger partial charge is 0.350 e. The third kappa shape index (κ3) is 2.86.